The van der Waals surface area contributed by atoms with E-state index in [1.165, 1.54) is 17.7 Å². The lowest BCUT2D eigenvalue weighted by Gasteiger charge is -2.34. The zero-order chi connectivity index (χ0) is 15.4. The molecule has 5 heteroatoms. The fourth-order valence-electron chi connectivity index (χ4n) is 2.63. The Bertz CT molecular complexity index is 622. The Morgan fingerprint density at radius 3 is 2.45 bits per heavy atom. The zero-order valence-corrected chi connectivity index (χ0v) is 12.3. The maximum absolute atomic E-state index is 12.9. The van der Waals surface area contributed by atoms with Crippen molar-refractivity contribution in [1.82, 2.24) is 14.8 Å². The van der Waals surface area contributed by atoms with Gasteiger partial charge in [-0.25, -0.2) is 4.39 Å². The molecule has 1 saturated heterocycles. The minimum absolute atomic E-state index is 0.0268. The van der Waals surface area contributed by atoms with Crippen molar-refractivity contribution in [2.45, 2.75) is 6.54 Å². The molecule has 0 saturated carbocycles. The molecule has 114 valence electrons. The maximum atomic E-state index is 12.9. The monoisotopic (exact) mass is 299 g/mol. The Balaban J connectivity index is 1.55. The molecule has 0 bridgehead atoms. The molecule has 0 atom stereocenters. The molecule has 0 spiro atoms. The molecule has 22 heavy (non-hydrogen) atoms. The first kappa shape index (κ1) is 14.7. The highest BCUT2D eigenvalue weighted by Gasteiger charge is 2.22. The van der Waals surface area contributed by atoms with Crippen LogP contribution in [0.25, 0.3) is 0 Å². The molecule has 0 N–H and O–H groups in total. The number of pyridine rings is 1. The normalized spacial score (nSPS) is 15.8. The van der Waals surface area contributed by atoms with Gasteiger partial charge < -0.3 is 4.90 Å². The summed E-state index contributed by atoms with van der Waals surface area (Å²) in [5.74, 6) is -0.348. The van der Waals surface area contributed by atoms with Gasteiger partial charge in [-0.2, -0.15) is 0 Å². The summed E-state index contributed by atoms with van der Waals surface area (Å²) in [4.78, 5) is 20.6. The van der Waals surface area contributed by atoms with Gasteiger partial charge in [0.05, 0.1) is 0 Å². The van der Waals surface area contributed by atoms with Gasteiger partial charge in [0.2, 0.25) is 0 Å². The standard InChI is InChI=1S/C17H18FN3O/c18-16-5-3-15(4-6-16)17(22)21-10-8-20(9-11-21)13-14-2-1-7-19-12-14/h1-7,12H,8-11,13H2. The van der Waals surface area contributed by atoms with Crippen LogP contribution in [0.5, 0.6) is 0 Å². The van der Waals surface area contributed by atoms with Crippen molar-refractivity contribution in [3.8, 4) is 0 Å². The van der Waals surface area contributed by atoms with E-state index in [4.69, 9.17) is 0 Å². The lowest BCUT2D eigenvalue weighted by Crippen LogP contribution is -2.48. The number of piperazine rings is 1. The maximum Gasteiger partial charge on any atom is 0.253 e. The highest BCUT2D eigenvalue weighted by atomic mass is 19.1. The second-order valence-corrected chi connectivity index (χ2v) is 5.44. The average Bonchev–Trinajstić information content (AvgIpc) is 2.57. The molecule has 0 radical (unpaired) electrons. The smallest absolute Gasteiger partial charge is 0.253 e. The number of rotatable bonds is 3. The summed E-state index contributed by atoms with van der Waals surface area (Å²) < 4.78 is 12.9. The molecule has 2 heterocycles. The van der Waals surface area contributed by atoms with E-state index in [9.17, 15) is 9.18 Å². The highest BCUT2D eigenvalue weighted by molar-refractivity contribution is 5.94. The summed E-state index contributed by atoms with van der Waals surface area (Å²) in [5, 5.41) is 0. The molecule has 2 aromatic rings. The molecule has 1 aromatic heterocycles. The number of hydrogen-bond acceptors (Lipinski definition) is 3. The van der Waals surface area contributed by atoms with Gasteiger partial charge in [0.1, 0.15) is 5.82 Å². The third-order valence-corrected chi connectivity index (χ3v) is 3.88. The van der Waals surface area contributed by atoms with Crippen molar-refractivity contribution >= 4 is 5.91 Å². The van der Waals surface area contributed by atoms with Crippen molar-refractivity contribution in [1.29, 1.82) is 0 Å². The minimum atomic E-state index is -0.321. The topological polar surface area (TPSA) is 36.4 Å². The number of hydrogen-bond donors (Lipinski definition) is 0. The van der Waals surface area contributed by atoms with E-state index in [1.807, 2.05) is 17.2 Å². The van der Waals surface area contributed by atoms with Crippen LogP contribution in [-0.2, 0) is 6.54 Å². The first-order chi connectivity index (χ1) is 10.7. The molecule has 1 amide bonds. The summed E-state index contributed by atoms with van der Waals surface area (Å²) in [6.45, 7) is 3.91. The third kappa shape index (κ3) is 3.49. The van der Waals surface area contributed by atoms with Gasteiger partial charge in [-0.05, 0) is 35.9 Å². The van der Waals surface area contributed by atoms with Gasteiger partial charge in [0.15, 0.2) is 0 Å². The van der Waals surface area contributed by atoms with Crippen LogP contribution in [0.2, 0.25) is 0 Å². The lowest BCUT2D eigenvalue weighted by atomic mass is 10.1. The number of carbonyl (C=O) groups is 1. The first-order valence-electron chi connectivity index (χ1n) is 7.38. The fourth-order valence-corrected chi connectivity index (χ4v) is 2.63. The molecule has 0 aliphatic carbocycles. The van der Waals surface area contributed by atoms with Crippen LogP contribution in [0.15, 0.2) is 48.8 Å². The Morgan fingerprint density at radius 2 is 1.82 bits per heavy atom. The second-order valence-electron chi connectivity index (χ2n) is 5.44. The summed E-state index contributed by atoms with van der Waals surface area (Å²) in [6.07, 6.45) is 3.64. The number of benzene rings is 1. The van der Waals surface area contributed by atoms with Crippen molar-refractivity contribution in [2.75, 3.05) is 26.2 Å². The fraction of sp³-hybridized carbons (Fsp3) is 0.294. The van der Waals surface area contributed by atoms with Crippen LogP contribution < -0.4 is 0 Å². The van der Waals surface area contributed by atoms with Crippen molar-refractivity contribution in [3.63, 3.8) is 0 Å². The van der Waals surface area contributed by atoms with Crippen LogP contribution >= 0.6 is 0 Å². The van der Waals surface area contributed by atoms with Gasteiger partial charge in [-0.15, -0.1) is 0 Å². The van der Waals surface area contributed by atoms with Crippen LogP contribution in [0.4, 0.5) is 4.39 Å². The first-order valence-corrected chi connectivity index (χ1v) is 7.38. The zero-order valence-electron chi connectivity index (χ0n) is 12.3. The molecular weight excluding hydrogens is 281 g/mol. The van der Waals surface area contributed by atoms with Crippen molar-refractivity contribution in [2.24, 2.45) is 0 Å². The molecule has 3 rings (SSSR count). The molecule has 1 aromatic carbocycles. The number of aromatic nitrogens is 1. The van der Waals surface area contributed by atoms with E-state index < -0.39 is 0 Å². The Kier molecular flexibility index (Phi) is 4.44. The van der Waals surface area contributed by atoms with Gasteiger partial charge >= 0.3 is 0 Å². The van der Waals surface area contributed by atoms with Gasteiger partial charge in [-0.1, -0.05) is 6.07 Å². The Labute approximate surface area is 129 Å². The van der Waals surface area contributed by atoms with Crippen molar-refractivity contribution < 1.29 is 9.18 Å². The van der Waals surface area contributed by atoms with Crippen molar-refractivity contribution in [3.05, 3.63) is 65.7 Å². The number of nitrogens with zero attached hydrogens (tertiary/aromatic N) is 3. The minimum Gasteiger partial charge on any atom is -0.336 e. The average molecular weight is 299 g/mol. The molecule has 1 fully saturated rings. The SMILES string of the molecule is O=C(c1ccc(F)cc1)N1CCN(Cc2cccnc2)CC1. The summed E-state index contributed by atoms with van der Waals surface area (Å²) in [5.41, 5.74) is 1.72. The van der Waals surface area contributed by atoms with E-state index in [2.05, 4.69) is 16.0 Å². The summed E-state index contributed by atoms with van der Waals surface area (Å²) >= 11 is 0. The van der Waals surface area contributed by atoms with E-state index in [0.29, 0.717) is 18.7 Å². The lowest BCUT2D eigenvalue weighted by molar-refractivity contribution is 0.0628. The second kappa shape index (κ2) is 6.66. The summed E-state index contributed by atoms with van der Waals surface area (Å²) in [7, 11) is 0. The third-order valence-electron chi connectivity index (χ3n) is 3.88. The number of amides is 1. The predicted octanol–water partition coefficient (Wildman–Crippen LogP) is 2.18. The quantitative estimate of drug-likeness (QED) is 0.871. The van der Waals surface area contributed by atoms with Crippen LogP contribution in [0.3, 0.4) is 0 Å². The highest BCUT2D eigenvalue weighted by Crippen LogP contribution is 2.11. The van der Waals surface area contributed by atoms with E-state index in [1.54, 1.807) is 18.3 Å². The molecule has 0 unspecified atom stereocenters. The van der Waals surface area contributed by atoms with Gasteiger partial charge in [-0.3, -0.25) is 14.7 Å². The molecular formula is C17H18FN3O. The number of halogens is 1. The summed E-state index contributed by atoms with van der Waals surface area (Å²) in [6, 6.07) is 9.73. The Hall–Kier alpha value is -2.27. The molecule has 1 aliphatic rings. The Morgan fingerprint density at radius 1 is 1.09 bits per heavy atom. The van der Waals surface area contributed by atoms with E-state index >= 15 is 0 Å². The number of carbonyl (C=O) groups excluding carboxylic acids is 1. The van der Waals surface area contributed by atoms with E-state index in [0.717, 1.165) is 19.6 Å². The largest absolute Gasteiger partial charge is 0.336 e. The van der Waals surface area contributed by atoms with Crippen LogP contribution in [0, 0.1) is 5.82 Å². The van der Waals surface area contributed by atoms with Crippen LogP contribution in [-0.4, -0.2) is 46.9 Å². The van der Waals surface area contributed by atoms with Crippen LogP contribution in [0.1, 0.15) is 15.9 Å². The molecule has 4 nitrogen and oxygen atoms in total. The van der Waals surface area contributed by atoms with Gasteiger partial charge in [0, 0.05) is 50.7 Å². The van der Waals surface area contributed by atoms with Gasteiger partial charge in [0.25, 0.3) is 5.91 Å². The van der Waals surface area contributed by atoms with E-state index in [-0.39, 0.29) is 11.7 Å². The predicted molar refractivity (Wildman–Crippen MR) is 81.8 cm³/mol. The molecule has 1 aliphatic heterocycles.